The summed E-state index contributed by atoms with van der Waals surface area (Å²) in [6.07, 6.45) is 0.542. The molecule has 0 aliphatic rings. The normalized spacial score (nSPS) is 10.8. The van der Waals surface area contributed by atoms with E-state index in [2.05, 4.69) is 20.3 Å². The van der Waals surface area contributed by atoms with Crippen LogP contribution in [0.5, 0.6) is 17.2 Å². The number of methoxy groups -OCH3 is 2. The molecule has 0 aliphatic carbocycles. The van der Waals surface area contributed by atoms with E-state index >= 15 is 0 Å². The zero-order chi connectivity index (χ0) is 23.8. The van der Waals surface area contributed by atoms with E-state index in [4.69, 9.17) is 15.3 Å². The van der Waals surface area contributed by atoms with Crippen LogP contribution in [0.4, 0.5) is 8.78 Å². The van der Waals surface area contributed by atoms with E-state index in [-0.39, 0.29) is 17.4 Å². The Morgan fingerprint density at radius 3 is 2.52 bits per heavy atom. The molecular weight excluding hydrogens is 456 g/mol. The molecule has 2 aromatic carbocycles. The van der Waals surface area contributed by atoms with Gasteiger partial charge in [-0.1, -0.05) is 23.9 Å². The Balaban J connectivity index is 1.50. The Morgan fingerprint density at radius 2 is 1.85 bits per heavy atom. The molecule has 0 saturated carbocycles. The number of thioether (sulfide) groups is 1. The Bertz CT molecular complexity index is 1080. The number of nitrogen functional groups attached to an aromatic ring is 1. The van der Waals surface area contributed by atoms with E-state index in [1.807, 2.05) is 0 Å². The van der Waals surface area contributed by atoms with Crippen molar-refractivity contribution in [3.05, 3.63) is 48.0 Å². The number of nitrogens with zero attached hydrogens (tertiary/aromatic N) is 3. The summed E-state index contributed by atoms with van der Waals surface area (Å²) >= 11 is 1.14. The molecule has 0 unspecified atom stereocenters. The van der Waals surface area contributed by atoms with Gasteiger partial charge in [-0.25, -0.2) is 4.68 Å². The summed E-state index contributed by atoms with van der Waals surface area (Å²) in [6.45, 7) is -2.47. The van der Waals surface area contributed by atoms with Gasteiger partial charge in [0.15, 0.2) is 5.82 Å². The maximum atomic E-state index is 12.2. The number of carbonyl (C=O) groups is 1. The van der Waals surface area contributed by atoms with Crippen LogP contribution in [0.1, 0.15) is 5.56 Å². The number of hydrogen-bond donors (Lipinski definition) is 2. The maximum Gasteiger partial charge on any atom is 0.387 e. The smallest absolute Gasteiger partial charge is 0.387 e. The van der Waals surface area contributed by atoms with Crippen molar-refractivity contribution >= 4 is 17.7 Å². The summed E-state index contributed by atoms with van der Waals surface area (Å²) in [5, 5.41) is 11.3. The van der Waals surface area contributed by atoms with E-state index in [1.54, 1.807) is 37.4 Å². The average molecular weight is 480 g/mol. The van der Waals surface area contributed by atoms with E-state index in [9.17, 15) is 13.6 Å². The molecule has 1 amide bonds. The Hall–Kier alpha value is -3.54. The highest BCUT2D eigenvalue weighted by Crippen LogP contribution is 2.32. The van der Waals surface area contributed by atoms with Crippen LogP contribution in [-0.2, 0) is 11.2 Å². The molecule has 3 N–H and O–H groups in total. The van der Waals surface area contributed by atoms with Crippen LogP contribution in [0.25, 0.3) is 11.4 Å². The fraction of sp³-hybridized carbons (Fsp3) is 0.286. The van der Waals surface area contributed by atoms with Gasteiger partial charge in [-0.3, -0.25) is 4.79 Å². The van der Waals surface area contributed by atoms with Gasteiger partial charge in [0.25, 0.3) is 0 Å². The number of alkyl halides is 2. The van der Waals surface area contributed by atoms with Crippen molar-refractivity contribution in [2.24, 2.45) is 0 Å². The number of nitrogens with two attached hydrogens (primary N) is 1. The van der Waals surface area contributed by atoms with Crippen molar-refractivity contribution in [3.63, 3.8) is 0 Å². The summed E-state index contributed by atoms with van der Waals surface area (Å²) in [6, 6.07) is 11.5. The minimum absolute atomic E-state index is 0.0895. The lowest BCUT2D eigenvalue weighted by Gasteiger charge is -2.10. The third-order valence-electron chi connectivity index (χ3n) is 4.53. The van der Waals surface area contributed by atoms with Crippen LogP contribution in [0.15, 0.2) is 47.6 Å². The number of aromatic nitrogens is 3. The number of hydrogen-bond acceptors (Lipinski definition) is 8. The molecular formula is C21H23F2N5O4S. The largest absolute Gasteiger partial charge is 0.497 e. The Morgan fingerprint density at radius 1 is 1.12 bits per heavy atom. The van der Waals surface area contributed by atoms with Crippen LogP contribution >= 0.6 is 11.8 Å². The van der Waals surface area contributed by atoms with Crippen LogP contribution in [0.2, 0.25) is 0 Å². The van der Waals surface area contributed by atoms with Gasteiger partial charge in [0.05, 0.1) is 25.5 Å². The Labute approximate surface area is 193 Å². The minimum Gasteiger partial charge on any atom is -0.497 e. The predicted molar refractivity (Wildman–Crippen MR) is 119 cm³/mol. The number of amides is 1. The molecule has 0 spiro atoms. The lowest BCUT2D eigenvalue weighted by atomic mass is 10.1. The standard InChI is InChI=1S/C21H23F2N5O4S/c1-30-15-7-8-16(17(11-15)31-2)19-26-27-21(28(19)24)33-12-18(29)25-10-9-13-3-5-14(6-4-13)32-20(22)23/h3-8,11,20H,9-10,12,24H2,1-2H3,(H,25,29). The summed E-state index contributed by atoms with van der Waals surface area (Å²) in [7, 11) is 3.09. The predicted octanol–water partition coefficient (Wildman–Crippen LogP) is 2.73. The second-order valence-electron chi connectivity index (χ2n) is 6.65. The molecule has 0 fully saturated rings. The molecule has 3 aromatic rings. The van der Waals surface area contributed by atoms with Crippen LogP contribution in [-0.4, -0.2) is 53.9 Å². The molecule has 1 aromatic heterocycles. The number of rotatable bonds is 11. The number of nitrogens with one attached hydrogen (secondary N) is 1. The van der Waals surface area contributed by atoms with Gasteiger partial charge >= 0.3 is 6.61 Å². The molecule has 0 aliphatic heterocycles. The molecule has 0 radical (unpaired) electrons. The number of ether oxygens (including phenoxy) is 3. The second kappa shape index (κ2) is 11.4. The van der Waals surface area contributed by atoms with E-state index < -0.39 is 6.61 Å². The van der Waals surface area contributed by atoms with Crippen molar-refractivity contribution < 1.29 is 27.8 Å². The van der Waals surface area contributed by atoms with Gasteiger partial charge in [0.1, 0.15) is 17.2 Å². The highest BCUT2D eigenvalue weighted by atomic mass is 32.2. The SMILES string of the molecule is COc1ccc(-c2nnc(SCC(=O)NCCc3ccc(OC(F)F)cc3)n2N)c(OC)c1. The fourth-order valence-electron chi connectivity index (χ4n) is 2.91. The third kappa shape index (κ3) is 6.48. The maximum absolute atomic E-state index is 12.2. The zero-order valence-corrected chi connectivity index (χ0v) is 18.8. The van der Waals surface area contributed by atoms with Crippen molar-refractivity contribution in [1.29, 1.82) is 0 Å². The molecule has 0 bridgehead atoms. The summed E-state index contributed by atoms with van der Waals surface area (Å²) < 4.78 is 40.5. The van der Waals surface area contributed by atoms with Crippen molar-refractivity contribution in [2.75, 3.05) is 32.4 Å². The number of halogens is 2. The van der Waals surface area contributed by atoms with Gasteiger partial charge in [-0.2, -0.15) is 8.78 Å². The topological polar surface area (TPSA) is 114 Å². The van der Waals surface area contributed by atoms with Crippen LogP contribution < -0.4 is 25.4 Å². The summed E-state index contributed by atoms with van der Waals surface area (Å²) in [5.41, 5.74) is 1.51. The van der Waals surface area contributed by atoms with Crippen molar-refractivity contribution in [3.8, 4) is 28.6 Å². The molecule has 1 heterocycles. The highest BCUT2D eigenvalue weighted by molar-refractivity contribution is 7.99. The summed E-state index contributed by atoms with van der Waals surface area (Å²) in [5.74, 6) is 7.65. The van der Waals surface area contributed by atoms with E-state index in [0.29, 0.717) is 41.0 Å². The second-order valence-corrected chi connectivity index (χ2v) is 7.60. The first-order valence-corrected chi connectivity index (χ1v) is 10.8. The minimum atomic E-state index is -2.86. The van der Waals surface area contributed by atoms with Gasteiger partial charge in [0.2, 0.25) is 11.1 Å². The summed E-state index contributed by atoms with van der Waals surface area (Å²) in [4.78, 5) is 12.2. The lowest BCUT2D eigenvalue weighted by Crippen LogP contribution is -2.27. The van der Waals surface area contributed by atoms with Crippen molar-refractivity contribution in [2.45, 2.75) is 18.2 Å². The first-order valence-electron chi connectivity index (χ1n) is 9.77. The third-order valence-corrected chi connectivity index (χ3v) is 5.47. The van der Waals surface area contributed by atoms with Crippen LogP contribution in [0.3, 0.4) is 0 Å². The highest BCUT2D eigenvalue weighted by Gasteiger charge is 2.17. The number of benzene rings is 2. The molecule has 3 rings (SSSR count). The fourth-order valence-corrected chi connectivity index (χ4v) is 3.59. The van der Waals surface area contributed by atoms with Gasteiger partial charge in [-0.05, 0) is 36.2 Å². The van der Waals surface area contributed by atoms with E-state index in [0.717, 1.165) is 17.3 Å². The zero-order valence-electron chi connectivity index (χ0n) is 18.0. The Kier molecular flexibility index (Phi) is 8.30. The first-order chi connectivity index (χ1) is 15.9. The van der Waals surface area contributed by atoms with Crippen molar-refractivity contribution in [1.82, 2.24) is 20.2 Å². The molecule has 33 heavy (non-hydrogen) atoms. The molecule has 0 atom stereocenters. The van der Waals surface area contributed by atoms with Gasteiger partial charge in [-0.15, -0.1) is 10.2 Å². The average Bonchev–Trinajstić information content (AvgIpc) is 3.18. The van der Waals surface area contributed by atoms with E-state index in [1.165, 1.54) is 23.9 Å². The molecule has 9 nitrogen and oxygen atoms in total. The van der Waals surface area contributed by atoms with Crippen LogP contribution in [0, 0.1) is 0 Å². The quantitative estimate of drug-likeness (QED) is 0.319. The molecule has 176 valence electrons. The monoisotopic (exact) mass is 479 g/mol. The first kappa shape index (κ1) is 24.1. The molecule has 0 saturated heterocycles. The number of carbonyl (C=O) groups excluding carboxylic acids is 1. The van der Waals surface area contributed by atoms with Gasteiger partial charge in [0, 0.05) is 12.6 Å². The molecule has 12 heteroatoms. The van der Waals surface area contributed by atoms with Gasteiger partial charge < -0.3 is 25.4 Å². The lowest BCUT2D eigenvalue weighted by molar-refractivity contribution is -0.118.